The number of aliphatic carboxylic acids is 1. The van der Waals surface area contributed by atoms with Gasteiger partial charge in [0.25, 0.3) is 0 Å². The summed E-state index contributed by atoms with van der Waals surface area (Å²) < 4.78 is 28.4. The monoisotopic (exact) mass is 692 g/mol. The number of carbonyl (C=O) groups excluding carboxylic acids is 5. The highest BCUT2D eigenvalue weighted by Gasteiger charge is 2.86. The predicted molar refractivity (Wildman–Crippen MR) is 162 cm³/mol. The summed E-state index contributed by atoms with van der Waals surface area (Å²) in [5.41, 5.74) is -7.10. The van der Waals surface area contributed by atoms with Gasteiger partial charge in [0.2, 0.25) is 11.6 Å². The van der Waals surface area contributed by atoms with Gasteiger partial charge in [-0.15, -0.1) is 0 Å². The van der Waals surface area contributed by atoms with Crippen LogP contribution >= 0.6 is 0 Å². The van der Waals surface area contributed by atoms with Gasteiger partial charge >= 0.3 is 17.9 Å². The summed E-state index contributed by atoms with van der Waals surface area (Å²) in [6.45, 7) is 4.18. The second-order valence-corrected chi connectivity index (χ2v) is 13.9. The molecule has 2 saturated heterocycles. The van der Waals surface area contributed by atoms with E-state index in [4.69, 9.17) is 23.7 Å². The average molecular weight is 693 g/mol. The summed E-state index contributed by atoms with van der Waals surface area (Å²) in [4.78, 5) is 79.6. The van der Waals surface area contributed by atoms with Crippen LogP contribution in [0.15, 0.2) is 6.07 Å². The van der Waals surface area contributed by atoms with Gasteiger partial charge in [-0.3, -0.25) is 28.8 Å². The van der Waals surface area contributed by atoms with Crippen molar-refractivity contribution in [3.63, 3.8) is 0 Å². The molecule has 3 heterocycles. The predicted octanol–water partition coefficient (Wildman–Crippen LogP) is 2.40. The maximum atomic E-state index is 14.4. The summed E-state index contributed by atoms with van der Waals surface area (Å²) in [6.07, 6.45) is -4.76. The van der Waals surface area contributed by atoms with Crippen LogP contribution in [0, 0.1) is 0 Å². The van der Waals surface area contributed by atoms with E-state index in [1.807, 2.05) is 0 Å². The van der Waals surface area contributed by atoms with Crippen molar-refractivity contribution in [3.8, 4) is 17.2 Å². The highest BCUT2D eigenvalue weighted by Crippen LogP contribution is 2.69. The van der Waals surface area contributed by atoms with Crippen molar-refractivity contribution in [1.29, 1.82) is 0 Å². The van der Waals surface area contributed by atoms with Gasteiger partial charge in [0, 0.05) is 36.5 Å². The molecule has 3 aliphatic carbocycles. The number of aromatic hydroxyl groups is 3. The van der Waals surface area contributed by atoms with Crippen molar-refractivity contribution < 1.29 is 72.9 Å². The number of carboxylic acid groups (broad SMARTS) is 1. The molecule has 0 aromatic heterocycles. The van der Waals surface area contributed by atoms with Crippen LogP contribution in [0.25, 0.3) is 0 Å². The van der Waals surface area contributed by atoms with Crippen molar-refractivity contribution in [1.82, 2.24) is 0 Å². The van der Waals surface area contributed by atoms with Gasteiger partial charge in [0.15, 0.2) is 22.6 Å². The number of epoxide rings is 1. The van der Waals surface area contributed by atoms with Crippen molar-refractivity contribution in [2.24, 2.45) is 0 Å². The molecule has 0 saturated carbocycles. The van der Waals surface area contributed by atoms with Gasteiger partial charge in [0.1, 0.15) is 17.2 Å². The number of fused-ring (bicyclic) bond motifs is 9. The molecule has 2 aromatic carbocycles. The first-order valence-corrected chi connectivity index (χ1v) is 16.2. The van der Waals surface area contributed by atoms with Gasteiger partial charge in [0.05, 0.1) is 72.5 Å². The number of benzene rings is 2. The van der Waals surface area contributed by atoms with E-state index >= 15 is 0 Å². The lowest BCUT2D eigenvalue weighted by Gasteiger charge is -2.39. The number of phenolic OH excluding ortho intramolecular Hbond substituents is 3. The van der Waals surface area contributed by atoms with Crippen LogP contribution in [-0.4, -0.2) is 92.3 Å². The lowest BCUT2D eigenvalue weighted by Crippen LogP contribution is -2.57. The zero-order chi connectivity index (χ0) is 36.0. The fourth-order valence-electron chi connectivity index (χ4n) is 9.46. The summed E-state index contributed by atoms with van der Waals surface area (Å²) in [5.74, 6) is -8.50. The zero-order valence-electron chi connectivity index (χ0n) is 27.3. The summed E-state index contributed by atoms with van der Waals surface area (Å²) in [5, 5.41) is 45.2. The van der Waals surface area contributed by atoms with Crippen molar-refractivity contribution in [3.05, 3.63) is 50.6 Å². The SMILES string of the molecule is COC(=O)C[C@H]1Cc2cc3c(c(O)c2[C@H](C)O1)C(=O)[C@H]1CC3(OC(C)=O)c2c(O)c3c(c(O)c21)C(=O)C12O[C@@]1(C[C@H](CC(=O)O)O[C@H]2C)C3=O. The first-order chi connectivity index (χ1) is 23.5. The summed E-state index contributed by atoms with van der Waals surface area (Å²) >= 11 is 0. The minimum absolute atomic E-state index is 0.0181. The fourth-order valence-corrected chi connectivity index (χ4v) is 9.46. The minimum Gasteiger partial charge on any atom is -0.507 e. The van der Waals surface area contributed by atoms with Gasteiger partial charge in [-0.2, -0.15) is 0 Å². The molecule has 2 aromatic rings. The Balaban J connectivity index is 1.35. The Labute approximate surface area is 283 Å². The molecule has 262 valence electrons. The van der Waals surface area contributed by atoms with Gasteiger partial charge in [-0.1, -0.05) is 0 Å². The highest BCUT2D eigenvalue weighted by atomic mass is 16.7. The Hall–Kier alpha value is -4.86. The molecule has 0 amide bonds. The molecule has 8 atom stereocenters. The van der Waals surface area contributed by atoms with Gasteiger partial charge < -0.3 is 44.1 Å². The second-order valence-electron chi connectivity index (χ2n) is 13.9. The minimum atomic E-state index is -2.02. The van der Waals surface area contributed by atoms with Crippen LogP contribution in [0.4, 0.5) is 0 Å². The Kier molecular flexibility index (Phi) is 6.54. The number of carbonyl (C=O) groups is 6. The van der Waals surface area contributed by atoms with E-state index in [1.165, 1.54) is 20.1 Å². The third kappa shape index (κ3) is 3.74. The van der Waals surface area contributed by atoms with Gasteiger partial charge in [-0.05, 0) is 31.9 Å². The number of phenols is 3. The molecular formula is C35H32O15. The number of Topliss-reactive ketones (excluding diaryl/α,β-unsaturated/α-hetero) is 3. The first kappa shape index (κ1) is 32.4. The molecular weight excluding hydrogens is 660 g/mol. The lowest BCUT2D eigenvalue weighted by molar-refractivity contribution is -0.154. The molecule has 15 heteroatoms. The Morgan fingerprint density at radius 1 is 0.900 bits per heavy atom. The molecule has 3 aliphatic heterocycles. The van der Waals surface area contributed by atoms with E-state index in [0.717, 1.165) is 6.92 Å². The van der Waals surface area contributed by atoms with E-state index in [0.29, 0.717) is 5.56 Å². The second kappa shape index (κ2) is 10.1. The molecule has 2 unspecified atom stereocenters. The standard InChI is InChI=1S/C35H32O15/c1-11-21-14(5-15(47-11)8-20(39)46-4)6-18-23(28(21)41)27(40)17-10-33(18,49-13(3)36)26-22(17)29(42)24-25(30(26)43)31(44)34-9-16(7-19(37)38)48-12(2)35(34,50-34)32(24)45/h6,11-12,15-17,41-43H,5,7-10H2,1-4H3,(H,37,38)/t11-,12-,15+,16-,17-,33?,34-,35?/m0/s1. The smallest absolute Gasteiger partial charge is 0.308 e. The van der Waals surface area contributed by atoms with E-state index in [-0.39, 0.29) is 53.5 Å². The largest absolute Gasteiger partial charge is 0.507 e. The molecule has 2 bridgehead atoms. The molecule has 0 radical (unpaired) electrons. The average Bonchev–Trinajstić information content (AvgIpc) is 3.65. The van der Waals surface area contributed by atoms with Crippen LogP contribution in [0.1, 0.15) is 117 Å². The van der Waals surface area contributed by atoms with Crippen LogP contribution in [0.5, 0.6) is 17.2 Å². The Bertz CT molecular complexity index is 2030. The number of ether oxygens (including phenoxy) is 5. The molecule has 6 aliphatic rings. The number of ketones is 3. The topological polar surface area (TPSA) is 233 Å². The normalized spacial score (nSPS) is 34.0. The summed E-state index contributed by atoms with van der Waals surface area (Å²) in [6, 6.07) is 1.53. The number of hydrogen-bond donors (Lipinski definition) is 4. The quantitative estimate of drug-likeness (QED) is 0.200. The number of methoxy groups -OCH3 is 1. The first-order valence-electron chi connectivity index (χ1n) is 16.2. The lowest BCUT2D eigenvalue weighted by atomic mass is 9.66. The Morgan fingerprint density at radius 2 is 1.58 bits per heavy atom. The molecule has 50 heavy (non-hydrogen) atoms. The third-order valence-corrected chi connectivity index (χ3v) is 11.3. The summed E-state index contributed by atoms with van der Waals surface area (Å²) in [7, 11) is 1.23. The number of hydrogen-bond acceptors (Lipinski definition) is 14. The molecule has 2 fully saturated rings. The van der Waals surface area contributed by atoms with Crippen LogP contribution in [0.3, 0.4) is 0 Å². The fraction of sp³-hybridized carbons (Fsp3) is 0.486. The van der Waals surface area contributed by atoms with Crippen molar-refractivity contribution in [2.45, 2.75) is 100 Å². The van der Waals surface area contributed by atoms with Crippen LogP contribution in [0.2, 0.25) is 0 Å². The zero-order valence-corrected chi connectivity index (χ0v) is 27.3. The maximum absolute atomic E-state index is 14.4. The van der Waals surface area contributed by atoms with Gasteiger partial charge in [-0.25, -0.2) is 0 Å². The molecule has 15 nitrogen and oxygen atoms in total. The van der Waals surface area contributed by atoms with E-state index < -0.39 is 117 Å². The van der Waals surface area contributed by atoms with Crippen LogP contribution < -0.4 is 0 Å². The van der Waals surface area contributed by atoms with E-state index in [2.05, 4.69) is 0 Å². The number of rotatable bonds is 5. The van der Waals surface area contributed by atoms with E-state index in [9.17, 15) is 49.2 Å². The Morgan fingerprint density at radius 3 is 2.24 bits per heavy atom. The third-order valence-electron chi connectivity index (χ3n) is 11.3. The molecule has 4 N–H and O–H groups in total. The maximum Gasteiger partial charge on any atom is 0.308 e. The van der Waals surface area contributed by atoms with Crippen molar-refractivity contribution >= 4 is 35.3 Å². The number of carboxylic acids is 1. The molecule has 0 spiro atoms. The molecule has 8 rings (SSSR count). The van der Waals surface area contributed by atoms with E-state index in [1.54, 1.807) is 6.92 Å². The number of esters is 2. The highest BCUT2D eigenvalue weighted by molar-refractivity contribution is 6.28. The van der Waals surface area contributed by atoms with Crippen molar-refractivity contribution in [2.75, 3.05) is 7.11 Å². The van der Waals surface area contributed by atoms with Crippen LogP contribution in [-0.2, 0) is 50.1 Å².